The van der Waals surface area contributed by atoms with Crippen molar-refractivity contribution in [3.63, 3.8) is 0 Å². The smallest absolute Gasteiger partial charge is 0.216 e. The van der Waals surface area contributed by atoms with E-state index in [1.807, 2.05) is 0 Å². The summed E-state index contributed by atoms with van der Waals surface area (Å²) in [6.07, 6.45) is 3.94. The molecule has 3 N–H and O–H groups in total. The number of carbonyl (C=O) groups is 1. The van der Waals surface area contributed by atoms with Crippen molar-refractivity contribution in [2.45, 2.75) is 19.4 Å². The maximum Gasteiger partial charge on any atom is 0.216 e. The number of hydrogen-bond acceptors (Lipinski definition) is 4. The highest BCUT2D eigenvalue weighted by Gasteiger charge is 2.09. The quantitative estimate of drug-likeness (QED) is 0.593. The lowest BCUT2D eigenvalue weighted by molar-refractivity contribution is -0.118. The first-order valence-corrected chi connectivity index (χ1v) is 5.09. The zero-order chi connectivity index (χ0) is 11.8. The summed E-state index contributed by atoms with van der Waals surface area (Å²) in [5.74, 6) is -0.0367. The Bertz CT molecular complexity index is 354. The van der Waals surface area contributed by atoms with Crippen LogP contribution in [0.1, 0.15) is 25.1 Å². The van der Waals surface area contributed by atoms with E-state index >= 15 is 0 Å². The molecule has 0 aliphatic heterocycles. The lowest BCUT2D eigenvalue weighted by atomic mass is 10.2. The fourth-order valence-electron chi connectivity index (χ4n) is 1.25. The molecular formula is C10H15N5O. The average Bonchev–Trinajstić information content (AvgIpc) is 2.76. The zero-order valence-corrected chi connectivity index (χ0v) is 9.16. The summed E-state index contributed by atoms with van der Waals surface area (Å²) in [7, 11) is 0. The molecule has 6 nitrogen and oxygen atoms in total. The van der Waals surface area contributed by atoms with Crippen LogP contribution in [0, 0.1) is 11.3 Å². The zero-order valence-electron chi connectivity index (χ0n) is 9.16. The van der Waals surface area contributed by atoms with Gasteiger partial charge in [0.1, 0.15) is 6.04 Å². The Morgan fingerprint density at radius 3 is 3.06 bits per heavy atom. The first-order chi connectivity index (χ1) is 7.74. The highest BCUT2D eigenvalue weighted by molar-refractivity contribution is 5.72. The van der Waals surface area contributed by atoms with Gasteiger partial charge in [-0.3, -0.25) is 10.1 Å². The van der Waals surface area contributed by atoms with E-state index in [2.05, 4.69) is 26.7 Å². The Morgan fingerprint density at radius 2 is 2.50 bits per heavy atom. The highest BCUT2D eigenvalue weighted by Crippen LogP contribution is 2.06. The van der Waals surface area contributed by atoms with Gasteiger partial charge in [-0.25, -0.2) is 4.98 Å². The fraction of sp³-hybridized carbons (Fsp3) is 0.500. The van der Waals surface area contributed by atoms with Crippen LogP contribution in [0.15, 0.2) is 12.5 Å². The molecule has 0 saturated heterocycles. The minimum absolute atomic E-state index is 0.0367. The van der Waals surface area contributed by atoms with Crippen LogP contribution < -0.4 is 10.6 Å². The van der Waals surface area contributed by atoms with Crippen molar-refractivity contribution in [2.75, 3.05) is 13.1 Å². The first kappa shape index (κ1) is 12.2. The predicted octanol–water partition coefficient (Wildman–Crippen LogP) is 0.0902. The van der Waals surface area contributed by atoms with Gasteiger partial charge in [-0.2, -0.15) is 5.26 Å². The lowest BCUT2D eigenvalue weighted by Gasteiger charge is -2.09. The van der Waals surface area contributed by atoms with Crippen molar-refractivity contribution < 1.29 is 4.79 Å². The van der Waals surface area contributed by atoms with E-state index in [4.69, 9.17) is 5.26 Å². The minimum Gasteiger partial charge on any atom is -0.356 e. The molecule has 0 bridgehead atoms. The molecule has 86 valence electrons. The van der Waals surface area contributed by atoms with Crippen molar-refractivity contribution in [2.24, 2.45) is 0 Å². The number of nitrogens with one attached hydrogen (secondary N) is 3. The van der Waals surface area contributed by atoms with Gasteiger partial charge in [-0.05, 0) is 13.0 Å². The number of H-pyrrole nitrogens is 1. The van der Waals surface area contributed by atoms with Crippen LogP contribution in [0.2, 0.25) is 0 Å². The van der Waals surface area contributed by atoms with Crippen LogP contribution >= 0.6 is 0 Å². The standard InChI is InChI=1S/C10H15N5O/c1-8(16)13-3-2-4-14-9(5-11)10-6-12-7-15-10/h6-7,9,14H,2-4H2,1H3,(H,12,15)(H,13,16). The number of amides is 1. The van der Waals surface area contributed by atoms with Gasteiger partial charge in [0.15, 0.2) is 0 Å². The van der Waals surface area contributed by atoms with Crippen LogP contribution in [0.25, 0.3) is 0 Å². The monoisotopic (exact) mass is 221 g/mol. The summed E-state index contributed by atoms with van der Waals surface area (Å²) >= 11 is 0. The van der Waals surface area contributed by atoms with Crippen LogP contribution in [-0.4, -0.2) is 29.0 Å². The molecule has 1 amide bonds. The molecule has 6 heteroatoms. The third-order valence-corrected chi connectivity index (χ3v) is 2.04. The topological polar surface area (TPSA) is 93.6 Å². The van der Waals surface area contributed by atoms with Gasteiger partial charge in [0.25, 0.3) is 0 Å². The van der Waals surface area contributed by atoms with Crippen molar-refractivity contribution in [3.05, 3.63) is 18.2 Å². The van der Waals surface area contributed by atoms with Gasteiger partial charge in [-0.1, -0.05) is 0 Å². The summed E-state index contributed by atoms with van der Waals surface area (Å²) < 4.78 is 0. The number of nitriles is 1. The molecule has 0 aliphatic rings. The maximum atomic E-state index is 10.6. The second-order valence-corrected chi connectivity index (χ2v) is 3.36. The maximum absolute atomic E-state index is 10.6. The molecule has 0 spiro atoms. The fourth-order valence-corrected chi connectivity index (χ4v) is 1.25. The van der Waals surface area contributed by atoms with E-state index in [-0.39, 0.29) is 11.9 Å². The van der Waals surface area contributed by atoms with Crippen LogP contribution in [-0.2, 0) is 4.79 Å². The highest BCUT2D eigenvalue weighted by atomic mass is 16.1. The largest absolute Gasteiger partial charge is 0.356 e. The van der Waals surface area contributed by atoms with Crippen LogP contribution in [0.3, 0.4) is 0 Å². The molecule has 0 fully saturated rings. The molecule has 0 radical (unpaired) electrons. The van der Waals surface area contributed by atoms with E-state index in [1.165, 1.54) is 6.92 Å². The number of hydrogen-bond donors (Lipinski definition) is 3. The van der Waals surface area contributed by atoms with Crippen molar-refractivity contribution >= 4 is 5.91 Å². The minimum atomic E-state index is -0.375. The van der Waals surface area contributed by atoms with E-state index in [0.29, 0.717) is 13.1 Å². The Hall–Kier alpha value is -1.87. The Balaban J connectivity index is 2.21. The molecule has 1 aromatic rings. The lowest BCUT2D eigenvalue weighted by Crippen LogP contribution is -2.27. The molecular weight excluding hydrogens is 206 g/mol. The van der Waals surface area contributed by atoms with E-state index in [1.54, 1.807) is 12.5 Å². The number of rotatable bonds is 6. The Morgan fingerprint density at radius 1 is 1.69 bits per heavy atom. The third kappa shape index (κ3) is 4.11. The van der Waals surface area contributed by atoms with Crippen LogP contribution in [0.4, 0.5) is 0 Å². The predicted molar refractivity (Wildman–Crippen MR) is 58.2 cm³/mol. The van der Waals surface area contributed by atoms with Crippen molar-refractivity contribution in [3.8, 4) is 6.07 Å². The number of aromatic nitrogens is 2. The number of carbonyl (C=O) groups excluding carboxylic acids is 1. The molecule has 1 unspecified atom stereocenters. The van der Waals surface area contributed by atoms with Gasteiger partial charge in [-0.15, -0.1) is 0 Å². The Kier molecular flexibility index (Phi) is 5.02. The third-order valence-electron chi connectivity index (χ3n) is 2.04. The van der Waals surface area contributed by atoms with Crippen molar-refractivity contribution in [1.82, 2.24) is 20.6 Å². The van der Waals surface area contributed by atoms with Crippen LogP contribution in [0.5, 0.6) is 0 Å². The number of nitrogens with zero attached hydrogens (tertiary/aromatic N) is 2. The molecule has 0 saturated carbocycles. The van der Waals surface area contributed by atoms with Gasteiger partial charge >= 0.3 is 0 Å². The van der Waals surface area contributed by atoms with Gasteiger partial charge in [0, 0.05) is 13.5 Å². The summed E-state index contributed by atoms with van der Waals surface area (Å²) in [5.41, 5.74) is 0.752. The molecule has 0 aliphatic carbocycles. The molecule has 1 atom stereocenters. The molecule has 1 heterocycles. The second-order valence-electron chi connectivity index (χ2n) is 3.36. The first-order valence-electron chi connectivity index (χ1n) is 5.09. The van der Waals surface area contributed by atoms with Crippen molar-refractivity contribution in [1.29, 1.82) is 5.26 Å². The van der Waals surface area contributed by atoms with E-state index < -0.39 is 0 Å². The van der Waals surface area contributed by atoms with Gasteiger partial charge < -0.3 is 10.3 Å². The summed E-state index contributed by atoms with van der Waals surface area (Å²) in [6.45, 7) is 2.76. The number of aromatic amines is 1. The number of imidazole rings is 1. The Labute approximate surface area is 94.1 Å². The second kappa shape index (κ2) is 6.58. The molecule has 1 rings (SSSR count). The molecule has 16 heavy (non-hydrogen) atoms. The molecule has 1 aromatic heterocycles. The normalized spacial score (nSPS) is 11.8. The summed E-state index contributed by atoms with van der Waals surface area (Å²) in [4.78, 5) is 17.3. The summed E-state index contributed by atoms with van der Waals surface area (Å²) in [6, 6.07) is 1.76. The molecule has 0 aromatic carbocycles. The SMILES string of the molecule is CC(=O)NCCCNC(C#N)c1cnc[nH]1. The average molecular weight is 221 g/mol. The van der Waals surface area contributed by atoms with Gasteiger partial charge in [0.2, 0.25) is 5.91 Å². The van der Waals surface area contributed by atoms with Gasteiger partial charge in [0.05, 0.1) is 24.3 Å². The van der Waals surface area contributed by atoms with E-state index in [0.717, 1.165) is 12.1 Å². The van der Waals surface area contributed by atoms with E-state index in [9.17, 15) is 4.79 Å². The summed E-state index contributed by atoms with van der Waals surface area (Å²) in [5, 5.41) is 14.7.